The Morgan fingerprint density at radius 1 is 1.15 bits per heavy atom. The molecule has 0 aliphatic carbocycles. The highest BCUT2D eigenvalue weighted by Gasteiger charge is 2.32. The molecule has 0 saturated carbocycles. The summed E-state index contributed by atoms with van der Waals surface area (Å²) in [5.74, 6) is -0.278. The first kappa shape index (κ1) is 19.7. The Balaban J connectivity index is 1.80. The maximum absolute atomic E-state index is 12.6. The maximum Gasteiger partial charge on any atom is 0.573 e. The van der Waals surface area contributed by atoms with E-state index < -0.39 is 6.36 Å². The van der Waals surface area contributed by atoms with E-state index in [9.17, 15) is 13.2 Å². The highest BCUT2D eigenvalue weighted by Crippen LogP contribution is 2.38. The van der Waals surface area contributed by atoms with E-state index in [2.05, 4.69) is 30.7 Å². The van der Waals surface area contributed by atoms with Crippen molar-refractivity contribution in [1.29, 1.82) is 0 Å². The number of hydrogen-bond donors (Lipinski definition) is 2. The predicted octanol–water partition coefficient (Wildman–Crippen LogP) is 5.81. The third kappa shape index (κ3) is 5.00. The summed E-state index contributed by atoms with van der Waals surface area (Å²) >= 11 is 10.7. The Morgan fingerprint density at radius 3 is 2.69 bits per heavy atom. The van der Waals surface area contributed by atoms with Crippen LogP contribution in [0.5, 0.6) is 5.75 Å². The van der Waals surface area contributed by atoms with Crippen molar-refractivity contribution in [2.75, 3.05) is 17.8 Å². The zero-order valence-corrected chi connectivity index (χ0v) is 16.6. The lowest BCUT2D eigenvalue weighted by Crippen LogP contribution is -2.17. The van der Waals surface area contributed by atoms with Gasteiger partial charge in [-0.3, -0.25) is 0 Å². The molecule has 0 atom stereocenters. The summed E-state index contributed by atoms with van der Waals surface area (Å²) in [4.78, 5) is 0.304. The molecule has 0 saturated heterocycles. The van der Waals surface area contributed by atoms with Crippen LogP contribution in [0.4, 0.5) is 18.9 Å². The standard InChI is InChI=1S/C17H15BrClF3N2OS/c18-11-2-4-15(14(9-11)25-17(20,21)22)26-24-13-3-1-10-5-7-23-8-6-12(10)16(13)19/h1-4,9,23-24H,5-8H2. The maximum atomic E-state index is 12.6. The van der Waals surface area contributed by atoms with Crippen LogP contribution in [0.2, 0.25) is 5.02 Å². The van der Waals surface area contributed by atoms with Gasteiger partial charge in [-0.25, -0.2) is 0 Å². The number of benzene rings is 2. The van der Waals surface area contributed by atoms with Gasteiger partial charge in [0.1, 0.15) is 5.75 Å². The number of hydrogen-bond acceptors (Lipinski definition) is 4. The average molecular weight is 468 g/mol. The predicted molar refractivity (Wildman–Crippen MR) is 102 cm³/mol. The summed E-state index contributed by atoms with van der Waals surface area (Å²) in [5, 5.41) is 3.93. The Morgan fingerprint density at radius 2 is 1.92 bits per heavy atom. The fourth-order valence-electron chi connectivity index (χ4n) is 2.69. The molecule has 0 spiro atoms. The minimum atomic E-state index is -4.76. The van der Waals surface area contributed by atoms with Crippen LogP contribution in [0.3, 0.4) is 0 Å². The molecule has 3 rings (SSSR count). The number of anilines is 1. The highest BCUT2D eigenvalue weighted by atomic mass is 79.9. The van der Waals surface area contributed by atoms with E-state index in [-0.39, 0.29) is 5.75 Å². The lowest BCUT2D eigenvalue weighted by molar-refractivity contribution is -0.275. The van der Waals surface area contributed by atoms with Crippen LogP contribution in [0.25, 0.3) is 0 Å². The van der Waals surface area contributed by atoms with Gasteiger partial charge in [0.2, 0.25) is 0 Å². The zero-order valence-electron chi connectivity index (χ0n) is 13.4. The molecular weight excluding hydrogens is 453 g/mol. The second-order valence-corrected chi connectivity index (χ2v) is 7.80. The first-order chi connectivity index (χ1) is 12.3. The Bertz CT molecular complexity index is 804. The Kier molecular flexibility index (Phi) is 6.27. The molecule has 0 amide bonds. The molecule has 3 nitrogen and oxygen atoms in total. The highest BCUT2D eigenvalue weighted by molar-refractivity contribution is 9.10. The minimum Gasteiger partial charge on any atom is -0.404 e. The molecule has 1 aliphatic rings. The Hall–Kier alpha value is -1.09. The summed E-state index contributed by atoms with van der Waals surface area (Å²) in [6, 6.07) is 8.33. The second kappa shape index (κ2) is 8.29. The van der Waals surface area contributed by atoms with Gasteiger partial charge in [-0.1, -0.05) is 33.6 Å². The van der Waals surface area contributed by atoms with Crippen LogP contribution in [-0.2, 0) is 12.8 Å². The van der Waals surface area contributed by atoms with Crippen molar-refractivity contribution >= 4 is 45.2 Å². The fraction of sp³-hybridized carbons (Fsp3) is 0.294. The summed E-state index contributed by atoms with van der Waals surface area (Å²) in [5.41, 5.74) is 2.93. The molecule has 1 aliphatic heterocycles. The first-order valence-corrected chi connectivity index (χ1v) is 9.81. The van der Waals surface area contributed by atoms with Crippen LogP contribution < -0.4 is 14.8 Å². The molecule has 0 aromatic heterocycles. The quantitative estimate of drug-likeness (QED) is 0.556. The van der Waals surface area contributed by atoms with Crippen LogP contribution in [0, 0.1) is 0 Å². The molecule has 0 unspecified atom stereocenters. The summed E-state index contributed by atoms with van der Waals surface area (Å²) in [7, 11) is 0. The van der Waals surface area contributed by atoms with E-state index in [1.807, 2.05) is 12.1 Å². The van der Waals surface area contributed by atoms with Crippen molar-refractivity contribution < 1.29 is 17.9 Å². The second-order valence-electron chi connectivity index (χ2n) is 5.66. The van der Waals surface area contributed by atoms with Crippen molar-refractivity contribution in [1.82, 2.24) is 5.32 Å². The van der Waals surface area contributed by atoms with E-state index >= 15 is 0 Å². The third-order valence-electron chi connectivity index (χ3n) is 3.87. The topological polar surface area (TPSA) is 33.3 Å². The molecule has 1 heterocycles. The van der Waals surface area contributed by atoms with Crippen LogP contribution in [0.1, 0.15) is 11.1 Å². The molecule has 0 fully saturated rings. The summed E-state index contributed by atoms with van der Waals surface area (Å²) < 4.78 is 45.5. The van der Waals surface area contributed by atoms with Crippen molar-refractivity contribution in [3.8, 4) is 5.75 Å². The summed E-state index contributed by atoms with van der Waals surface area (Å²) in [6.45, 7) is 1.75. The average Bonchev–Trinajstić information content (AvgIpc) is 2.80. The number of nitrogens with one attached hydrogen (secondary N) is 2. The van der Waals surface area contributed by atoms with Gasteiger partial charge in [0.15, 0.2) is 0 Å². The van der Waals surface area contributed by atoms with Gasteiger partial charge in [0.25, 0.3) is 0 Å². The number of fused-ring (bicyclic) bond motifs is 1. The number of alkyl halides is 3. The van der Waals surface area contributed by atoms with E-state index in [4.69, 9.17) is 11.6 Å². The molecular formula is C17H15BrClF3N2OS. The lowest BCUT2D eigenvalue weighted by Gasteiger charge is -2.16. The molecule has 2 N–H and O–H groups in total. The first-order valence-electron chi connectivity index (χ1n) is 7.82. The van der Waals surface area contributed by atoms with Gasteiger partial charge in [0, 0.05) is 4.47 Å². The van der Waals surface area contributed by atoms with Crippen molar-refractivity contribution in [3.05, 3.63) is 51.0 Å². The largest absolute Gasteiger partial charge is 0.573 e. The van der Waals surface area contributed by atoms with Gasteiger partial charge < -0.3 is 14.8 Å². The van der Waals surface area contributed by atoms with Gasteiger partial charge in [-0.2, -0.15) is 0 Å². The lowest BCUT2D eigenvalue weighted by atomic mass is 10.0. The molecule has 26 heavy (non-hydrogen) atoms. The molecule has 9 heteroatoms. The van der Waals surface area contributed by atoms with Crippen LogP contribution in [0.15, 0.2) is 39.7 Å². The molecule has 140 valence electrons. The SMILES string of the molecule is FC(F)(F)Oc1cc(Br)ccc1SNc1ccc2c(c1Cl)CCNCC2. The number of rotatable bonds is 4. The van der Waals surface area contributed by atoms with Gasteiger partial charge in [-0.15, -0.1) is 13.2 Å². The smallest absolute Gasteiger partial charge is 0.404 e. The molecule has 2 aromatic carbocycles. The fourth-order valence-corrected chi connectivity index (χ4v) is 4.14. The number of halogens is 5. The van der Waals surface area contributed by atoms with Crippen LogP contribution >= 0.6 is 39.5 Å². The van der Waals surface area contributed by atoms with E-state index in [1.165, 1.54) is 11.6 Å². The van der Waals surface area contributed by atoms with Crippen molar-refractivity contribution in [2.45, 2.75) is 24.1 Å². The van der Waals surface area contributed by atoms with Gasteiger partial charge in [-0.05, 0) is 73.3 Å². The van der Waals surface area contributed by atoms with Crippen molar-refractivity contribution in [2.24, 2.45) is 0 Å². The van der Waals surface area contributed by atoms with E-state index in [1.54, 1.807) is 12.1 Å². The van der Waals surface area contributed by atoms with Crippen LogP contribution in [-0.4, -0.2) is 19.5 Å². The number of ether oxygens (including phenoxy) is 1. The Labute approximate surface area is 166 Å². The van der Waals surface area contributed by atoms with E-state index in [0.29, 0.717) is 20.1 Å². The van der Waals surface area contributed by atoms with Gasteiger partial charge >= 0.3 is 6.36 Å². The van der Waals surface area contributed by atoms with Crippen molar-refractivity contribution in [3.63, 3.8) is 0 Å². The molecule has 0 bridgehead atoms. The third-order valence-corrected chi connectivity index (χ3v) is 5.67. The summed E-state index contributed by atoms with van der Waals surface area (Å²) in [6.07, 6.45) is -3.04. The van der Waals surface area contributed by atoms with E-state index in [0.717, 1.165) is 43.4 Å². The monoisotopic (exact) mass is 466 g/mol. The zero-order chi connectivity index (χ0) is 18.7. The molecule has 2 aromatic rings. The van der Waals surface area contributed by atoms with Gasteiger partial charge in [0.05, 0.1) is 15.6 Å². The normalized spacial score (nSPS) is 14.5. The minimum absolute atomic E-state index is 0.278. The molecule has 0 radical (unpaired) electrons.